The molecule has 0 N–H and O–H groups in total. The van der Waals surface area contributed by atoms with Crippen LogP contribution in [0.5, 0.6) is 0 Å². The van der Waals surface area contributed by atoms with E-state index in [2.05, 4.69) is 64.1 Å². The van der Waals surface area contributed by atoms with Crippen LogP contribution in [0.2, 0.25) is 0 Å². The highest BCUT2D eigenvalue weighted by Crippen LogP contribution is 2.31. The summed E-state index contributed by atoms with van der Waals surface area (Å²) < 4.78 is 0. The highest BCUT2D eigenvalue weighted by atomic mass is 16.2. The maximum atomic E-state index is 14.4. The Morgan fingerprint density at radius 3 is 1.33 bits per heavy atom. The number of pyridine rings is 2. The van der Waals surface area contributed by atoms with Crippen LogP contribution in [0.4, 0.5) is 0 Å². The number of benzene rings is 4. The fourth-order valence-electron chi connectivity index (χ4n) is 6.80. The Morgan fingerprint density at radius 1 is 0.542 bits per heavy atom. The predicted molar refractivity (Wildman–Crippen MR) is 194 cm³/mol. The van der Waals surface area contributed by atoms with Gasteiger partial charge in [0.15, 0.2) is 0 Å². The Hall–Kier alpha value is -5.36. The van der Waals surface area contributed by atoms with Gasteiger partial charge in [0.05, 0.1) is 33.5 Å². The second kappa shape index (κ2) is 12.3. The molecule has 48 heavy (non-hydrogen) atoms. The summed E-state index contributed by atoms with van der Waals surface area (Å²) in [6, 6.07) is 31.7. The molecule has 3 heterocycles. The van der Waals surface area contributed by atoms with E-state index in [4.69, 9.17) is 9.97 Å². The normalized spacial score (nSPS) is 16.5. The van der Waals surface area contributed by atoms with Crippen molar-refractivity contribution in [2.24, 2.45) is 0 Å². The molecule has 1 aliphatic heterocycles. The Balaban J connectivity index is 1.21. The number of rotatable bonds is 4. The summed E-state index contributed by atoms with van der Waals surface area (Å²) in [6.45, 7) is 13.3. The molecule has 2 unspecified atom stereocenters. The third kappa shape index (κ3) is 5.62. The molecule has 6 heteroatoms. The van der Waals surface area contributed by atoms with E-state index in [9.17, 15) is 9.59 Å². The second-order valence-electron chi connectivity index (χ2n) is 13.4. The fraction of sp³-hybridized carbons (Fsp3) is 0.238. The highest BCUT2D eigenvalue weighted by molar-refractivity contribution is 6.09. The van der Waals surface area contributed by atoms with E-state index in [0.717, 1.165) is 44.3 Å². The third-order valence-electron chi connectivity index (χ3n) is 10.0. The molecule has 6 aromatic rings. The van der Waals surface area contributed by atoms with E-state index < -0.39 is 0 Å². The van der Waals surface area contributed by atoms with Gasteiger partial charge in [0.25, 0.3) is 11.8 Å². The lowest BCUT2D eigenvalue weighted by Crippen LogP contribution is -2.59. The van der Waals surface area contributed by atoms with E-state index in [0.29, 0.717) is 24.2 Å². The molecule has 0 saturated carbocycles. The lowest BCUT2D eigenvalue weighted by molar-refractivity contribution is 0.0272. The minimum atomic E-state index is -0.193. The smallest absolute Gasteiger partial charge is 0.254 e. The Bertz CT molecular complexity index is 2080. The van der Waals surface area contributed by atoms with Crippen LogP contribution in [0.3, 0.4) is 0 Å². The SMILES string of the molecule is Cc1ccc(-c2cc(C(=O)N3CC(C)N(C(=O)c4cc(-c5ccc(C)c(C)c5)nc5ccccc45)CC3C)c3ccccc3n2)cc1C. The molecule has 0 spiro atoms. The summed E-state index contributed by atoms with van der Waals surface area (Å²) in [4.78, 5) is 42.6. The van der Waals surface area contributed by atoms with Crippen LogP contribution in [-0.2, 0) is 0 Å². The zero-order valence-electron chi connectivity index (χ0n) is 28.4. The highest BCUT2D eigenvalue weighted by Gasteiger charge is 2.36. The molecular weight excluding hydrogens is 592 g/mol. The molecular formula is C42H40N4O2. The fourth-order valence-corrected chi connectivity index (χ4v) is 6.80. The minimum absolute atomic E-state index is 0.0449. The molecule has 4 aromatic carbocycles. The van der Waals surface area contributed by atoms with E-state index >= 15 is 0 Å². The molecule has 0 aliphatic carbocycles. The topological polar surface area (TPSA) is 66.4 Å². The van der Waals surface area contributed by atoms with Crippen LogP contribution in [0, 0.1) is 27.7 Å². The van der Waals surface area contributed by atoms with Gasteiger partial charge in [-0.25, -0.2) is 9.97 Å². The summed E-state index contributed by atoms with van der Waals surface area (Å²) in [5.41, 5.74) is 11.2. The lowest BCUT2D eigenvalue weighted by Gasteiger charge is -2.44. The van der Waals surface area contributed by atoms with Crippen LogP contribution in [0.1, 0.15) is 56.8 Å². The summed E-state index contributed by atoms with van der Waals surface area (Å²) in [7, 11) is 0. The molecule has 2 aromatic heterocycles. The van der Waals surface area contributed by atoms with Gasteiger partial charge < -0.3 is 9.80 Å². The maximum Gasteiger partial charge on any atom is 0.254 e. The Kier molecular flexibility index (Phi) is 8.04. The van der Waals surface area contributed by atoms with Crippen molar-refractivity contribution in [3.05, 3.63) is 130 Å². The molecule has 2 amide bonds. The predicted octanol–water partition coefficient (Wildman–Crippen LogP) is 8.73. The van der Waals surface area contributed by atoms with Crippen LogP contribution in [0.25, 0.3) is 44.3 Å². The number of para-hydroxylation sites is 2. The van der Waals surface area contributed by atoms with Crippen molar-refractivity contribution in [1.82, 2.24) is 19.8 Å². The number of amides is 2. The number of piperazine rings is 1. The molecule has 1 fully saturated rings. The number of carbonyl (C=O) groups is 2. The van der Waals surface area contributed by atoms with Crippen LogP contribution in [0.15, 0.2) is 97.1 Å². The maximum absolute atomic E-state index is 14.4. The Morgan fingerprint density at radius 2 is 0.938 bits per heavy atom. The van der Waals surface area contributed by atoms with Gasteiger partial charge in [0.2, 0.25) is 0 Å². The van der Waals surface area contributed by atoms with Gasteiger partial charge >= 0.3 is 0 Å². The number of fused-ring (bicyclic) bond motifs is 2. The molecule has 0 radical (unpaired) electrons. The lowest BCUT2D eigenvalue weighted by atomic mass is 9.98. The first-order valence-electron chi connectivity index (χ1n) is 16.7. The average Bonchev–Trinajstić information content (AvgIpc) is 3.09. The van der Waals surface area contributed by atoms with Gasteiger partial charge in [0, 0.05) is 47.1 Å². The van der Waals surface area contributed by atoms with Crippen molar-refractivity contribution >= 4 is 33.6 Å². The quantitative estimate of drug-likeness (QED) is 0.195. The van der Waals surface area contributed by atoms with Crippen LogP contribution >= 0.6 is 0 Å². The van der Waals surface area contributed by atoms with Crippen molar-refractivity contribution in [3.63, 3.8) is 0 Å². The zero-order chi connectivity index (χ0) is 33.7. The molecule has 2 atom stereocenters. The first-order chi connectivity index (χ1) is 23.1. The summed E-state index contributed by atoms with van der Waals surface area (Å²) >= 11 is 0. The molecule has 0 bridgehead atoms. The van der Waals surface area contributed by atoms with Gasteiger partial charge in [-0.3, -0.25) is 9.59 Å². The van der Waals surface area contributed by atoms with Crippen molar-refractivity contribution in [3.8, 4) is 22.5 Å². The number of hydrogen-bond acceptors (Lipinski definition) is 4. The summed E-state index contributed by atoms with van der Waals surface area (Å²) in [6.07, 6.45) is 0. The Labute approximate surface area is 282 Å². The number of aromatic nitrogens is 2. The van der Waals surface area contributed by atoms with Crippen molar-refractivity contribution in [2.45, 2.75) is 53.6 Å². The van der Waals surface area contributed by atoms with Crippen molar-refractivity contribution in [1.29, 1.82) is 0 Å². The van der Waals surface area contributed by atoms with Crippen molar-refractivity contribution in [2.75, 3.05) is 13.1 Å². The molecule has 7 rings (SSSR count). The first kappa shape index (κ1) is 31.3. The number of hydrogen-bond donors (Lipinski definition) is 0. The zero-order valence-corrected chi connectivity index (χ0v) is 28.4. The van der Waals surface area contributed by atoms with E-state index in [1.54, 1.807) is 0 Å². The molecule has 6 nitrogen and oxygen atoms in total. The minimum Gasteiger partial charge on any atom is -0.332 e. The molecule has 1 saturated heterocycles. The number of carbonyl (C=O) groups excluding carboxylic acids is 2. The van der Waals surface area contributed by atoms with E-state index in [1.807, 2.05) is 84.3 Å². The van der Waals surface area contributed by atoms with Crippen LogP contribution in [-0.4, -0.2) is 56.8 Å². The van der Waals surface area contributed by atoms with E-state index in [1.165, 1.54) is 22.3 Å². The summed E-state index contributed by atoms with van der Waals surface area (Å²) in [5, 5.41) is 1.66. The second-order valence-corrected chi connectivity index (χ2v) is 13.4. The monoisotopic (exact) mass is 632 g/mol. The summed E-state index contributed by atoms with van der Waals surface area (Å²) in [5.74, 6) is -0.0898. The first-order valence-corrected chi connectivity index (χ1v) is 16.7. The van der Waals surface area contributed by atoms with Crippen LogP contribution < -0.4 is 0 Å². The largest absolute Gasteiger partial charge is 0.332 e. The van der Waals surface area contributed by atoms with E-state index in [-0.39, 0.29) is 23.9 Å². The van der Waals surface area contributed by atoms with Gasteiger partial charge in [-0.15, -0.1) is 0 Å². The van der Waals surface area contributed by atoms with Crippen molar-refractivity contribution < 1.29 is 9.59 Å². The average molecular weight is 633 g/mol. The third-order valence-corrected chi connectivity index (χ3v) is 10.0. The van der Waals surface area contributed by atoms with Gasteiger partial charge in [-0.1, -0.05) is 60.7 Å². The van der Waals surface area contributed by atoms with Gasteiger partial charge in [0.1, 0.15) is 0 Å². The van der Waals surface area contributed by atoms with Gasteiger partial charge in [-0.05, 0) is 100 Å². The standard InChI is InChI=1S/C42H40N4O2/c1-25-15-17-31(19-27(25)3)39-21-35(33-11-7-9-13-37(33)43-39)41(47)45-23-30(6)46(24-29(45)5)42(48)36-22-40(32-18-16-26(2)28(4)20-32)44-38-14-10-8-12-34(36)38/h7-22,29-30H,23-24H2,1-6H3. The molecule has 240 valence electrons. The molecule has 1 aliphatic rings. The number of nitrogens with zero attached hydrogens (tertiary/aromatic N) is 4. The number of aryl methyl sites for hydroxylation is 4. The van der Waals surface area contributed by atoms with Gasteiger partial charge in [-0.2, -0.15) is 0 Å².